The Balaban J connectivity index is 1.60. The molecule has 0 spiro atoms. The minimum Gasteiger partial charge on any atom is -0.495 e. The smallest absolute Gasteiger partial charge is 0.262 e. The molecule has 0 aliphatic carbocycles. The minimum atomic E-state index is -3.80. The van der Waals surface area contributed by atoms with Gasteiger partial charge in [0.2, 0.25) is 0 Å². The van der Waals surface area contributed by atoms with E-state index < -0.39 is 10.0 Å². The van der Waals surface area contributed by atoms with Crippen molar-refractivity contribution in [1.29, 1.82) is 0 Å². The molecule has 168 valence electrons. The molecule has 0 radical (unpaired) electrons. The van der Waals surface area contributed by atoms with Gasteiger partial charge >= 0.3 is 0 Å². The predicted molar refractivity (Wildman–Crippen MR) is 127 cm³/mol. The lowest BCUT2D eigenvalue weighted by molar-refractivity contribution is 0.0389. The Labute approximate surface area is 192 Å². The van der Waals surface area contributed by atoms with E-state index in [9.17, 15) is 8.42 Å². The maximum absolute atomic E-state index is 12.7. The van der Waals surface area contributed by atoms with Crippen molar-refractivity contribution < 1.29 is 17.9 Å². The van der Waals surface area contributed by atoms with Crippen LogP contribution in [0.25, 0.3) is 0 Å². The molecule has 0 amide bonds. The number of sulfonamides is 1. The first-order valence-corrected chi connectivity index (χ1v) is 12.0. The first-order valence-electron chi connectivity index (χ1n) is 9.69. The molecule has 0 saturated carbocycles. The third-order valence-electron chi connectivity index (χ3n) is 4.65. The molecule has 1 fully saturated rings. The highest BCUT2D eigenvalue weighted by atomic mass is 35.5. The van der Waals surface area contributed by atoms with Crippen molar-refractivity contribution in [2.75, 3.05) is 56.5 Å². The average Bonchev–Trinajstić information content (AvgIpc) is 2.76. The van der Waals surface area contributed by atoms with E-state index in [-0.39, 0.29) is 4.90 Å². The molecule has 2 aromatic rings. The molecule has 3 rings (SSSR count). The lowest BCUT2D eigenvalue weighted by Crippen LogP contribution is -2.42. The first kappa shape index (κ1) is 23.6. The van der Waals surface area contributed by atoms with Gasteiger partial charge in [-0.05, 0) is 48.6 Å². The van der Waals surface area contributed by atoms with Gasteiger partial charge in [-0.1, -0.05) is 11.6 Å². The van der Waals surface area contributed by atoms with Gasteiger partial charge in [-0.15, -0.1) is 0 Å². The van der Waals surface area contributed by atoms with Crippen LogP contribution in [0.2, 0.25) is 5.02 Å². The topological polar surface area (TPSA) is 91.9 Å². The molecule has 1 aliphatic rings. The van der Waals surface area contributed by atoms with Crippen LogP contribution < -0.4 is 20.1 Å². The van der Waals surface area contributed by atoms with E-state index in [1.165, 1.54) is 19.2 Å². The molecule has 0 atom stereocenters. The molecule has 0 bridgehead atoms. The van der Waals surface area contributed by atoms with E-state index in [0.717, 1.165) is 32.8 Å². The second-order valence-electron chi connectivity index (χ2n) is 6.81. The molecular weight excluding hydrogens is 460 g/mol. The summed E-state index contributed by atoms with van der Waals surface area (Å²) < 4.78 is 38.6. The summed E-state index contributed by atoms with van der Waals surface area (Å²) in [4.78, 5) is 2.36. The number of morpholine rings is 1. The van der Waals surface area contributed by atoms with Crippen LogP contribution in [0.5, 0.6) is 5.75 Å². The molecule has 3 N–H and O–H groups in total. The SMILES string of the molecule is COc1cc(S(=O)(=O)Nc2ccc(Cl)cc2)ccc1NC(=S)NCCN1CCOCC1. The number of benzene rings is 2. The van der Waals surface area contributed by atoms with Crippen molar-refractivity contribution in [3.8, 4) is 5.75 Å². The Hall–Kier alpha value is -2.11. The maximum Gasteiger partial charge on any atom is 0.262 e. The van der Waals surface area contributed by atoms with Crippen LogP contribution in [0.3, 0.4) is 0 Å². The van der Waals surface area contributed by atoms with Crippen molar-refractivity contribution >= 4 is 50.3 Å². The number of rotatable bonds is 8. The number of halogens is 1. The van der Waals surface area contributed by atoms with Gasteiger partial charge in [-0.25, -0.2) is 8.42 Å². The third-order valence-corrected chi connectivity index (χ3v) is 6.52. The molecule has 8 nitrogen and oxygen atoms in total. The van der Waals surface area contributed by atoms with Crippen LogP contribution >= 0.6 is 23.8 Å². The minimum absolute atomic E-state index is 0.0658. The Kier molecular flexibility index (Phi) is 8.33. The van der Waals surface area contributed by atoms with E-state index in [2.05, 4.69) is 20.3 Å². The van der Waals surface area contributed by atoms with Gasteiger partial charge in [0.15, 0.2) is 5.11 Å². The fourth-order valence-electron chi connectivity index (χ4n) is 2.99. The lowest BCUT2D eigenvalue weighted by atomic mass is 10.3. The van der Waals surface area contributed by atoms with Crippen LogP contribution in [0.4, 0.5) is 11.4 Å². The average molecular weight is 485 g/mol. The van der Waals surface area contributed by atoms with Crippen LogP contribution in [-0.2, 0) is 14.8 Å². The van der Waals surface area contributed by atoms with Crippen molar-refractivity contribution in [1.82, 2.24) is 10.2 Å². The van der Waals surface area contributed by atoms with Crippen LogP contribution in [0.15, 0.2) is 47.4 Å². The van der Waals surface area contributed by atoms with E-state index in [1.54, 1.807) is 30.3 Å². The Bertz CT molecular complexity index is 997. The summed E-state index contributed by atoms with van der Waals surface area (Å²) >= 11 is 11.2. The van der Waals surface area contributed by atoms with E-state index in [0.29, 0.717) is 33.8 Å². The maximum atomic E-state index is 12.7. The largest absolute Gasteiger partial charge is 0.495 e. The number of methoxy groups -OCH3 is 1. The summed E-state index contributed by atoms with van der Waals surface area (Å²) in [6, 6.07) is 10.9. The van der Waals surface area contributed by atoms with E-state index in [1.807, 2.05) is 0 Å². The quantitative estimate of drug-likeness (QED) is 0.493. The fraction of sp³-hybridized carbons (Fsp3) is 0.350. The van der Waals surface area contributed by atoms with Crippen molar-refractivity contribution in [2.24, 2.45) is 0 Å². The fourth-order valence-corrected chi connectivity index (χ4v) is 4.40. The predicted octanol–water partition coefficient (Wildman–Crippen LogP) is 2.77. The van der Waals surface area contributed by atoms with Crippen molar-refractivity contribution in [2.45, 2.75) is 4.90 Å². The highest BCUT2D eigenvalue weighted by Gasteiger charge is 2.17. The molecule has 0 unspecified atom stereocenters. The summed E-state index contributed by atoms with van der Waals surface area (Å²) in [7, 11) is -2.33. The number of hydrogen-bond acceptors (Lipinski definition) is 6. The first-order chi connectivity index (χ1) is 14.9. The standard InChI is InChI=1S/C20H25ClN4O4S2/c1-28-19-14-17(31(26,27)24-16-4-2-15(21)3-5-16)6-7-18(19)23-20(30)22-8-9-25-10-12-29-13-11-25/h2-7,14,24H,8-13H2,1H3,(H2,22,23,30). The number of thiocarbonyl (C=S) groups is 1. The summed E-state index contributed by atoms with van der Waals surface area (Å²) in [5.41, 5.74) is 0.980. The van der Waals surface area contributed by atoms with Crippen LogP contribution in [0.1, 0.15) is 0 Å². The lowest BCUT2D eigenvalue weighted by Gasteiger charge is -2.26. The number of anilines is 2. The highest BCUT2D eigenvalue weighted by Crippen LogP contribution is 2.28. The number of hydrogen-bond donors (Lipinski definition) is 3. The molecule has 2 aromatic carbocycles. The summed E-state index contributed by atoms with van der Waals surface area (Å²) in [6.07, 6.45) is 0. The second-order valence-corrected chi connectivity index (χ2v) is 9.34. The molecule has 1 heterocycles. The van der Waals surface area contributed by atoms with E-state index in [4.69, 9.17) is 33.3 Å². The number of ether oxygens (including phenoxy) is 2. The third kappa shape index (κ3) is 6.94. The van der Waals surface area contributed by atoms with E-state index >= 15 is 0 Å². The van der Waals surface area contributed by atoms with Gasteiger partial charge in [-0.3, -0.25) is 9.62 Å². The molecule has 1 aliphatic heterocycles. The second kappa shape index (κ2) is 11.0. The normalized spacial score (nSPS) is 14.6. The molecule has 1 saturated heterocycles. The zero-order valence-electron chi connectivity index (χ0n) is 17.1. The Morgan fingerprint density at radius 2 is 1.90 bits per heavy atom. The van der Waals surface area contributed by atoms with Gasteiger partial charge in [0.1, 0.15) is 5.75 Å². The molecular formula is C20H25ClN4O4S2. The number of nitrogens with zero attached hydrogens (tertiary/aromatic N) is 1. The summed E-state index contributed by atoms with van der Waals surface area (Å²) in [5.74, 6) is 0.358. The Morgan fingerprint density at radius 3 is 2.58 bits per heavy atom. The highest BCUT2D eigenvalue weighted by molar-refractivity contribution is 7.92. The van der Waals surface area contributed by atoms with Crippen LogP contribution in [0, 0.1) is 0 Å². The molecule has 31 heavy (non-hydrogen) atoms. The van der Waals surface area contributed by atoms with Crippen LogP contribution in [-0.4, -0.2) is 64.9 Å². The number of nitrogens with one attached hydrogen (secondary N) is 3. The molecule has 11 heteroatoms. The van der Waals surface area contributed by atoms with Gasteiger partial charge in [-0.2, -0.15) is 0 Å². The van der Waals surface area contributed by atoms with Crippen molar-refractivity contribution in [3.05, 3.63) is 47.5 Å². The Morgan fingerprint density at radius 1 is 1.19 bits per heavy atom. The van der Waals surface area contributed by atoms with Crippen molar-refractivity contribution in [3.63, 3.8) is 0 Å². The molecule has 0 aromatic heterocycles. The van der Waals surface area contributed by atoms with Gasteiger partial charge in [0.05, 0.1) is 30.9 Å². The summed E-state index contributed by atoms with van der Waals surface area (Å²) in [6.45, 7) is 4.87. The van der Waals surface area contributed by atoms with Gasteiger partial charge < -0.3 is 20.1 Å². The van der Waals surface area contributed by atoms with Gasteiger partial charge in [0.25, 0.3) is 10.0 Å². The van der Waals surface area contributed by atoms with Gasteiger partial charge in [0, 0.05) is 43.0 Å². The summed E-state index contributed by atoms with van der Waals surface area (Å²) in [5, 5.41) is 7.16. The monoisotopic (exact) mass is 484 g/mol. The zero-order chi connectivity index (χ0) is 22.3. The zero-order valence-corrected chi connectivity index (χ0v) is 19.4.